The van der Waals surface area contributed by atoms with Gasteiger partial charge >= 0.3 is 5.24 Å². The molecule has 2 aliphatic heterocycles. The van der Waals surface area contributed by atoms with Gasteiger partial charge in [-0.15, -0.1) is 0 Å². The molecule has 4 atom stereocenters. The molecule has 2 N–H and O–H groups in total. The number of imidazole rings is 1. The second-order valence-corrected chi connectivity index (χ2v) is 14.1. The lowest BCUT2D eigenvalue weighted by molar-refractivity contribution is -0.0581. The summed E-state index contributed by atoms with van der Waals surface area (Å²) in [4.78, 5) is 12.8. The van der Waals surface area contributed by atoms with Crippen molar-refractivity contribution in [1.82, 2.24) is 19.5 Å². The number of thiocarbonyl (C=S) groups is 1. The van der Waals surface area contributed by atoms with Crippen molar-refractivity contribution >= 4 is 42.9 Å². The zero-order valence-electron chi connectivity index (χ0n) is 17.9. The van der Waals surface area contributed by atoms with Crippen LogP contribution in [0.2, 0.25) is 18.1 Å². The van der Waals surface area contributed by atoms with Gasteiger partial charge in [0.2, 0.25) is 11.8 Å². The van der Waals surface area contributed by atoms with Crippen molar-refractivity contribution in [2.75, 3.05) is 19.5 Å². The van der Waals surface area contributed by atoms with Gasteiger partial charge in [0.1, 0.15) is 6.10 Å². The standard InChI is InChI=1S/C18H27N5O5SSi/c1-18(2,3)30(5,6)25-7-9-11-12(28-17(29)27-11)15(26-9)23-8-20-10-13(23)21-16(19)22-14(10)24-4/h8-9,11-12,15H,7H2,1-6H3,(H2,19,21,22)/t9-,11-,12-,15-/m1/s1. The number of nitrogens with two attached hydrogens (primary N) is 1. The predicted molar refractivity (Wildman–Crippen MR) is 116 cm³/mol. The first-order chi connectivity index (χ1) is 14.0. The Morgan fingerprint density at radius 2 is 1.93 bits per heavy atom. The number of nitrogen functional groups attached to an aromatic ring is 1. The van der Waals surface area contributed by atoms with E-state index in [0.29, 0.717) is 23.7 Å². The topological polar surface area (TPSA) is 116 Å². The van der Waals surface area contributed by atoms with Crippen molar-refractivity contribution in [3.05, 3.63) is 6.33 Å². The molecule has 2 fully saturated rings. The van der Waals surface area contributed by atoms with Gasteiger partial charge in [0.05, 0.1) is 20.0 Å². The van der Waals surface area contributed by atoms with Gasteiger partial charge in [-0.2, -0.15) is 9.97 Å². The summed E-state index contributed by atoms with van der Waals surface area (Å²) in [6, 6.07) is 0. The van der Waals surface area contributed by atoms with Crippen LogP contribution in [0.1, 0.15) is 27.0 Å². The van der Waals surface area contributed by atoms with Crippen molar-refractivity contribution in [3.63, 3.8) is 0 Å². The van der Waals surface area contributed by atoms with E-state index in [4.69, 9.17) is 41.3 Å². The molecule has 0 saturated carbocycles. The normalized spacial score (nSPS) is 26.5. The second-order valence-electron chi connectivity index (χ2n) is 8.97. The van der Waals surface area contributed by atoms with Crippen LogP contribution in [0.25, 0.3) is 11.2 Å². The van der Waals surface area contributed by atoms with E-state index in [0.717, 1.165) is 0 Å². The van der Waals surface area contributed by atoms with E-state index in [1.807, 2.05) is 0 Å². The highest BCUT2D eigenvalue weighted by molar-refractivity contribution is 7.79. The van der Waals surface area contributed by atoms with Gasteiger partial charge in [-0.1, -0.05) is 20.8 Å². The highest BCUT2D eigenvalue weighted by atomic mass is 32.1. The number of hydrogen-bond acceptors (Lipinski definition) is 10. The molecule has 0 aliphatic carbocycles. The molecular weight excluding hydrogens is 426 g/mol. The molecule has 10 nitrogen and oxygen atoms in total. The van der Waals surface area contributed by atoms with Gasteiger partial charge in [0.15, 0.2) is 37.9 Å². The summed E-state index contributed by atoms with van der Waals surface area (Å²) in [5.41, 5.74) is 6.81. The summed E-state index contributed by atoms with van der Waals surface area (Å²) in [6.45, 7) is 11.4. The maximum atomic E-state index is 6.37. The fraction of sp³-hybridized carbons (Fsp3) is 0.667. The van der Waals surface area contributed by atoms with Crippen molar-refractivity contribution in [2.24, 2.45) is 0 Å². The minimum Gasteiger partial charge on any atom is -0.479 e. The molecule has 0 amide bonds. The molecule has 2 aromatic heterocycles. The monoisotopic (exact) mass is 453 g/mol. The molecule has 4 rings (SSSR count). The van der Waals surface area contributed by atoms with Crippen molar-refractivity contribution in [3.8, 4) is 5.88 Å². The minimum absolute atomic E-state index is 0.0765. The Kier molecular flexibility index (Phi) is 5.15. The zero-order chi connectivity index (χ0) is 21.8. The fourth-order valence-electron chi connectivity index (χ4n) is 3.33. The van der Waals surface area contributed by atoms with Crippen LogP contribution in [-0.2, 0) is 18.6 Å². The van der Waals surface area contributed by atoms with Crippen LogP contribution in [0, 0.1) is 0 Å². The van der Waals surface area contributed by atoms with Gasteiger partial charge < -0.3 is 29.1 Å². The van der Waals surface area contributed by atoms with Crippen LogP contribution in [0.15, 0.2) is 6.33 Å². The van der Waals surface area contributed by atoms with Crippen LogP contribution in [-0.4, -0.2) is 65.1 Å². The molecule has 2 aliphatic rings. The Morgan fingerprint density at radius 3 is 2.60 bits per heavy atom. The van der Waals surface area contributed by atoms with E-state index in [2.05, 4.69) is 48.8 Å². The van der Waals surface area contributed by atoms with E-state index < -0.39 is 20.6 Å². The van der Waals surface area contributed by atoms with E-state index in [-0.39, 0.29) is 28.4 Å². The maximum absolute atomic E-state index is 6.37. The number of methoxy groups -OCH3 is 1. The first-order valence-electron chi connectivity index (χ1n) is 9.72. The molecule has 30 heavy (non-hydrogen) atoms. The first kappa shape index (κ1) is 21.2. The average molecular weight is 454 g/mol. The van der Waals surface area contributed by atoms with E-state index in [1.165, 1.54) is 7.11 Å². The number of rotatable bonds is 5. The molecule has 12 heteroatoms. The Balaban J connectivity index is 1.63. The summed E-state index contributed by atoms with van der Waals surface area (Å²) in [5.74, 6) is 0.371. The minimum atomic E-state index is -1.97. The molecule has 0 bridgehead atoms. The summed E-state index contributed by atoms with van der Waals surface area (Å²) in [6.07, 6.45) is -0.151. The smallest absolute Gasteiger partial charge is 0.353 e. The number of fused-ring (bicyclic) bond motifs is 2. The van der Waals surface area contributed by atoms with Gasteiger partial charge in [0, 0.05) is 12.2 Å². The Hall–Kier alpha value is -2.02. The first-order valence-corrected chi connectivity index (χ1v) is 13.0. The largest absolute Gasteiger partial charge is 0.479 e. The Morgan fingerprint density at radius 1 is 1.23 bits per heavy atom. The van der Waals surface area contributed by atoms with Gasteiger partial charge in [-0.05, 0) is 18.1 Å². The van der Waals surface area contributed by atoms with Crippen LogP contribution >= 0.6 is 12.2 Å². The van der Waals surface area contributed by atoms with Gasteiger partial charge in [-0.3, -0.25) is 4.57 Å². The lowest BCUT2D eigenvalue weighted by Crippen LogP contribution is -2.44. The summed E-state index contributed by atoms with van der Waals surface area (Å²) >= 11 is 5.16. The van der Waals surface area contributed by atoms with E-state index >= 15 is 0 Å². The Bertz CT molecular complexity index is 978. The molecule has 0 unspecified atom stereocenters. The van der Waals surface area contributed by atoms with Crippen molar-refractivity contribution in [1.29, 1.82) is 0 Å². The van der Waals surface area contributed by atoms with Crippen LogP contribution in [0.3, 0.4) is 0 Å². The fourth-order valence-corrected chi connectivity index (χ4v) is 4.56. The van der Waals surface area contributed by atoms with Crippen LogP contribution in [0.4, 0.5) is 5.95 Å². The molecule has 0 radical (unpaired) electrons. The highest BCUT2D eigenvalue weighted by Gasteiger charge is 2.55. The summed E-state index contributed by atoms with van der Waals surface area (Å²) < 4.78 is 31.3. The molecular formula is C18H27N5O5SSi. The quantitative estimate of drug-likeness (QED) is 0.534. The maximum Gasteiger partial charge on any atom is 0.353 e. The van der Waals surface area contributed by atoms with E-state index in [9.17, 15) is 0 Å². The predicted octanol–water partition coefficient (Wildman–Crippen LogP) is 2.41. The second kappa shape index (κ2) is 7.29. The van der Waals surface area contributed by atoms with Crippen molar-refractivity contribution in [2.45, 2.75) is 63.4 Å². The van der Waals surface area contributed by atoms with Crippen LogP contribution < -0.4 is 10.5 Å². The number of anilines is 1. The van der Waals surface area contributed by atoms with Gasteiger partial charge in [-0.25, -0.2) is 4.98 Å². The SMILES string of the molecule is COc1nc(N)nc2c1ncn2[C@@H]1O[C@H](CO[Si](C)(C)C(C)(C)C)[C@H]2OC(=S)O[C@H]21. The van der Waals surface area contributed by atoms with Gasteiger partial charge in [0.25, 0.3) is 0 Å². The lowest BCUT2D eigenvalue weighted by atomic mass is 10.1. The third-order valence-corrected chi connectivity index (χ3v) is 10.7. The molecule has 0 aromatic carbocycles. The molecule has 2 aromatic rings. The number of nitrogens with zero attached hydrogens (tertiary/aromatic N) is 4. The average Bonchev–Trinajstić information content (AvgIpc) is 3.31. The van der Waals surface area contributed by atoms with Crippen molar-refractivity contribution < 1.29 is 23.4 Å². The lowest BCUT2D eigenvalue weighted by Gasteiger charge is -2.37. The zero-order valence-corrected chi connectivity index (χ0v) is 19.7. The number of hydrogen-bond donors (Lipinski definition) is 1. The molecule has 4 heterocycles. The number of aromatic nitrogens is 4. The number of ether oxygens (including phenoxy) is 4. The molecule has 164 valence electrons. The summed E-state index contributed by atoms with van der Waals surface area (Å²) in [7, 11) is -0.464. The third kappa shape index (κ3) is 3.51. The molecule has 0 spiro atoms. The third-order valence-electron chi connectivity index (χ3n) is 6.04. The highest BCUT2D eigenvalue weighted by Crippen LogP contribution is 2.41. The molecule has 2 saturated heterocycles. The Labute approximate surface area is 181 Å². The van der Waals surface area contributed by atoms with E-state index in [1.54, 1.807) is 10.9 Å². The van der Waals surface area contributed by atoms with Crippen LogP contribution in [0.5, 0.6) is 5.88 Å². The summed E-state index contributed by atoms with van der Waals surface area (Å²) in [5, 5.41) is 0.185.